The highest BCUT2D eigenvalue weighted by atomic mass is 35.5. The molecule has 1 atom stereocenters. The molecule has 1 aliphatic heterocycles. The van der Waals surface area contributed by atoms with E-state index in [-0.39, 0.29) is 37.4 Å². The summed E-state index contributed by atoms with van der Waals surface area (Å²) < 4.78 is 0. The molecule has 1 unspecified atom stereocenters. The van der Waals surface area contributed by atoms with Crippen LogP contribution in [-0.4, -0.2) is 47.6 Å². The lowest BCUT2D eigenvalue weighted by molar-refractivity contribution is -0.140. The number of hydrogen-bond donors (Lipinski definition) is 1. The zero-order chi connectivity index (χ0) is 16.8. The second kappa shape index (κ2) is 8.31. The van der Waals surface area contributed by atoms with E-state index in [0.717, 1.165) is 24.9 Å². The van der Waals surface area contributed by atoms with Crippen molar-refractivity contribution in [3.63, 3.8) is 0 Å². The average Bonchev–Trinajstić information content (AvgIpc) is 2.53. The van der Waals surface area contributed by atoms with Crippen LogP contribution in [0.15, 0.2) is 24.3 Å². The van der Waals surface area contributed by atoms with Gasteiger partial charge in [-0.1, -0.05) is 37.4 Å². The van der Waals surface area contributed by atoms with Gasteiger partial charge in [-0.3, -0.25) is 9.59 Å². The van der Waals surface area contributed by atoms with E-state index in [1.807, 2.05) is 12.1 Å². The van der Waals surface area contributed by atoms with Gasteiger partial charge >= 0.3 is 0 Å². The molecule has 1 N–H and O–H groups in total. The Morgan fingerprint density at radius 2 is 2.22 bits per heavy atom. The van der Waals surface area contributed by atoms with Crippen LogP contribution >= 0.6 is 11.6 Å². The number of unbranched alkanes of at least 4 members (excludes halogenated alkanes) is 1. The number of nitrogens with zero attached hydrogens (tertiary/aromatic N) is 2. The molecule has 0 radical (unpaired) electrons. The molecular formula is C17H23ClN2O3. The molecule has 1 fully saturated rings. The molecule has 0 bridgehead atoms. The van der Waals surface area contributed by atoms with Gasteiger partial charge in [0, 0.05) is 23.7 Å². The van der Waals surface area contributed by atoms with Gasteiger partial charge in [0.25, 0.3) is 0 Å². The highest BCUT2D eigenvalue weighted by Gasteiger charge is 2.34. The third-order valence-electron chi connectivity index (χ3n) is 4.10. The lowest BCUT2D eigenvalue weighted by Crippen LogP contribution is -2.58. The summed E-state index contributed by atoms with van der Waals surface area (Å²) in [5.74, 6) is -0.279. The Morgan fingerprint density at radius 3 is 2.87 bits per heavy atom. The van der Waals surface area contributed by atoms with Gasteiger partial charge in [0.2, 0.25) is 11.8 Å². The molecule has 23 heavy (non-hydrogen) atoms. The number of hydrogen-bond acceptors (Lipinski definition) is 3. The highest BCUT2D eigenvalue weighted by Crippen LogP contribution is 2.25. The van der Waals surface area contributed by atoms with Crippen molar-refractivity contribution in [1.82, 2.24) is 4.90 Å². The van der Waals surface area contributed by atoms with Crippen molar-refractivity contribution in [3.8, 4) is 0 Å². The SMILES string of the molecule is CCCCC1CN(c2cccc(Cl)c2)C(=O)CN1C(=O)CCO. The van der Waals surface area contributed by atoms with Gasteiger partial charge in [0.15, 0.2) is 0 Å². The molecule has 2 rings (SSSR count). The average molecular weight is 339 g/mol. The molecule has 5 nitrogen and oxygen atoms in total. The molecule has 1 aromatic rings. The summed E-state index contributed by atoms with van der Waals surface area (Å²) >= 11 is 6.02. The summed E-state index contributed by atoms with van der Waals surface area (Å²) in [7, 11) is 0. The van der Waals surface area contributed by atoms with E-state index in [9.17, 15) is 9.59 Å². The lowest BCUT2D eigenvalue weighted by Gasteiger charge is -2.41. The summed E-state index contributed by atoms with van der Waals surface area (Å²) in [6, 6.07) is 7.18. The van der Waals surface area contributed by atoms with Crippen LogP contribution in [0, 0.1) is 0 Å². The number of aliphatic hydroxyl groups excluding tert-OH is 1. The Balaban J connectivity index is 2.19. The minimum absolute atomic E-state index is 0.0225. The Hall–Kier alpha value is -1.59. The Kier molecular flexibility index (Phi) is 6.42. The number of amides is 2. The molecule has 0 saturated carbocycles. The Labute approximate surface area is 141 Å². The first-order valence-electron chi connectivity index (χ1n) is 8.03. The van der Waals surface area contributed by atoms with Crippen molar-refractivity contribution in [3.05, 3.63) is 29.3 Å². The van der Waals surface area contributed by atoms with Crippen molar-refractivity contribution in [1.29, 1.82) is 0 Å². The number of anilines is 1. The van der Waals surface area contributed by atoms with E-state index in [2.05, 4.69) is 6.92 Å². The summed E-state index contributed by atoms with van der Waals surface area (Å²) in [5.41, 5.74) is 0.762. The zero-order valence-corrected chi connectivity index (χ0v) is 14.1. The number of benzene rings is 1. The molecule has 0 aromatic heterocycles. The van der Waals surface area contributed by atoms with Crippen LogP contribution in [0.5, 0.6) is 0 Å². The van der Waals surface area contributed by atoms with Crippen molar-refractivity contribution >= 4 is 29.1 Å². The van der Waals surface area contributed by atoms with E-state index in [0.29, 0.717) is 11.6 Å². The van der Waals surface area contributed by atoms with E-state index in [1.165, 1.54) is 0 Å². The first-order valence-corrected chi connectivity index (χ1v) is 8.40. The van der Waals surface area contributed by atoms with Gasteiger partial charge in [0.05, 0.1) is 12.6 Å². The first-order chi connectivity index (χ1) is 11.1. The monoisotopic (exact) mass is 338 g/mol. The Morgan fingerprint density at radius 1 is 1.43 bits per heavy atom. The fourth-order valence-corrected chi connectivity index (χ4v) is 3.07. The molecule has 2 amide bonds. The summed E-state index contributed by atoms with van der Waals surface area (Å²) in [4.78, 5) is 28.0. The maximum Gasteiger partial charge on any atom is 0.246 e. The standard InChI is InChI=1S/C17H23ClN2O3/c1-2-3-6-15-11-19(14-7-4-5-13(18)10-14)17(23)12-20(15)16(22)8-9-21/h4-5,7,10,15,21H,2-3,6,8-9,11-12H2,1H3. The topological polar surface area (TPSA) is 60.9 Å². The number of carbonyl (C=O) groups is 2. The third-order valence-corrected chi connectivity index (χ3v) is 4.33. The van der Waals surface area contributed by atoms with Crippen molar-refractivity contribution in [2.45, 2.75) is 38.6 Å². The Bertz CT molecular complexity index is 565. The normalized spacial score (nSPS) is 18.4. The lowest BCUT2D eigenvalue weighted by atomic mass is 10.0. The van der Waals surface area contributed by atoms with Gasteiger partial charge in [0.1, 0.15) is 6.54 Å². The van der Waals surface area contributed by atoms with Crippen molar-refractivity contribution < 1.29 is 14.7 Å². The van der Waals surface area contributed by atoms with Crippen molar-refractivity contribution in [2.75, 3.05) is 24.6 Å². The van der Waals surface area contributed by atoms with Crippen LogP contribution in [0.25, 0.3) is 0 Å². The number of halogens is 1. The van der Waals surface area contributed by atoms with Crippen LogP contribution in [0.3, 0.4) is 0 Å². The van der Waals surface area contributed by atoms with E-state index >= 15 is 0 Å². The van der Waals surface area contributed by atoms with Gasteiger partial charge in [-0.25, -0.2) is 0 Å². The van der Waals surface area contributed by atoms with Gasteiger partial charge in [-0.05, 0) is 24.6 Å². The summed E-state index contributed by atoms with van der Waals surface area (Å²) in [5, 5.41) is 9.58. The minimum Gasteiger partial charge on any atom is -0.396 e. The number of piperazine rings is 1. The second-order valence-corrected chi connectivity index (χ2v) is 6.21. The van der Waals surface area contributed by atoms with Crippen LogP contribution in [-0.2, 0) is 9.59 Å². The molecule has 126 valence electrons. The fourth-order valence-electron chi connectivity index (χ4n) is 2.88. The molecule has 1 saturated heterocycles. The number of aliphatic hydroxyl groups is 1. The summed E-state index contributed by atoms with van der Waals surface area (Å²) in [6.07, 6.45) is 2.93. The molecular weight excluding hydrogens is 316 g/mol. The predicted molar refractivity (Wildman–Crippen MR) is 90.5 cm³/mol. The van der Waals surface area contributed by atoms with Crippen LogP contribution < -0.4 is 4.90 Å². The second-order valence-electron chi connectivity index (χ2n) is 5.78. The molecule has 0 aliphatic carbocycles. The van der Waals surface area contributed by atoms with Gasteiger partial charge < -0.3 is 14.9 Å². The van der Waals surface area contributed by atoms with Gasteiger partial charge in [-0.2, -0.15) is 0 Å². The third kappa shape index (κ3) is 4.45. The smallest absolute Gasteiger partial charge is 0.246 e. The maximum absolute atomic E-state index is 12.5. The maximum atomic E-state index is 12.5. The molecule has 1 heterocycles. The minimum atomic E-state index is -0.192. The molecule has 1 aromatic carbocycles. The largest absolute Gasteiger partial charge is 0.396 e. The molecule has 1 aliphatic rings. The first kappa shape index (κ1) is 17.8. The predicted octanol–water partition coefficient (Wildman–Crippen LogP) is 2.46. The highest BCUT2D eigenvalue weighted by molar-refractivity contribution is 6.30. The number of carbonyl (C=O) groups excluding carboxylic acids is 2. The summed E-state index contributed by atoms with van der Waals surface area (Å²) in [6.45, 7) is 2.43. The van der Waals surface area contributed by atoms with E-state index in [4.69, 9.17) is 16.7 Å². The van der Waals surface area contributed by atoms with Crippen LogP contribution in [0.2, 0.25) is 5.02 Å². The number of rotatable bonds is 6. The quantitative estimate of drug-likeness (QED) is 0.866. The van der Waals surface area contributed by atoms with Crippen LogP contribution in [0.4, 0.5) is 5.69 Å². The van der Waals surface area contributed by atoms with E-state index < -0.39 is 0 Å². The zero-order valence-electron chi connectivity index (χ0n) is 13.4. The fraction of sp³-hybridized carbons (Fsp3) is 0.529. The van der Waals surface area contributed by atoms with E-state index in [1.54, 1.807) is 21.9 Å². The van der Waals surface area contributed by atoms with Crippen LogP contribution in [0.1, 0.15) is 32.6 Å². The molecule has 0 spiro atoms. The van der Waals surface area contributed by atoms with Gasteiger partial charge in [-0.15, -0.1) is 0 Å². The molecule has 6 heteroatoms. The van der Waals surface area contributed by atoms with Crippen molar-refractivity contribution in [2.24, 2.45) is 0 Å².